The van der Waals surface area contributed by atoms with Crippen molar-refractivity contribution in [3.8, 4) is 5.75 Å². The number of carbonyl (C=O) groups is 2. The zero-order valence-corrected chi connectivity index (χ0v) is 27.2. The molecule has 236 valence electrons. The molecule has 0 heterocycles. The number of carbonyl (C=O) groups excluding carboxylic acids is 2. The summed E-state index contributed by atoms with van der Waals surface area (Å²) in [5.41, 5.74) is 1.88. The molecular formula is C35H38ClN3O5S. The van der Waals surface area contributed by atoms with Crippen LogP contribution in [0, 0.1) is 0 Å². The van der Waals surface area contributed by atoms with E-state index in [1.807, 2.05) is 51.1 Å². The first kappa shape index (κ1) is 33.6. The summed E-state index contributed by atoms with van der Waals surface area (Å²) in [4.78, 5) is 29.7. The normalized spacial score (nSPS) is 11.9. The number of amides is 2. The molecule has 0 aliphatic carbocycles. The van der Waals surface area contributed by atoms with Gasteiger partial charge < -0.3 is 15.0 Å². The van der Waals surface area contributed by atoms with Gasteiger partial charge in [-0.05, 0) is 80.4 Å². The standard InChI is InChI=1S/C35H38ClN3O5S/c1-4-44-31-21-19-30(20-22-31)39(45(42,43)32-13-9-6-10-14-32)25-34(40)38(24-28-15-17-29(36)18-16-28)33(35(41)37-26(2)3)23-27-11-7-5-8-12-27/h5-22,26,33H,4,23-25H2,1-3H3,(H,37,41)/t33-/m0/s1. The van der Waals surface area contributed by atoms with Crippen LogP contribution in [0.2, 0.25) is 5.02 Å². The number of hydrogen-bond acceptors (Lipinski definition) is 5. The maximum absolute atomic E-state index is 14.5. The Hall–Kier alpha value is -4.34. The van der Waals surface area contributed by atoms with E-state index >= 15 is 0 Å². The predicted molar refractivity (Wildman–Crippen MR) is 178 cm³/mol. The van der Waals surface area contributed by atoms with Crippen molar-refractivity contribution in [3.63, 3.8) is 0 Å². The summed E-state index contributed by atoms with van der Waals surface area (Å²) in [5, 5.41) is 3.49. The maximum Gasteiger partial charge on any atom is 0.264 e. The highest BCUT2D eigenvalue weighted by Crippen LogP contribution is 2.27. The summed E-state index contributed by atoms with van der Waals surface area (Å²) in [5.74, 6) is -0.310. The molecule has 0 fully saturated rings. The first-order valence-corrected chi connectivity index (χ1v) is 16.6. The van der Waals surface area contributed by atoms with E-state index in [9.17, 15) is 18.0 Å². The molecule has 0 unspecified atom stereocenters. The average Bonchev–Trinajstić information content (AvgIpc) is 3.03. The highest BCUT2D eigenvalue weighted by Gasteiger charge is 2.34. The molecule has 0 radical (unpaired) electrons. The molecule has 45 heavy (non-hydrogen) atoms. The number of benzene rings is 4. The van der Waals surface area contributed by atoms with E-state index in [4.69, 9.17) is 16.3 Å². The van der Waals surface area contributed by atoms with Crippen LogP contribution in [-0.2, 0) is 32.6 Å². The minimum atomic E-state index is -4.18. The first-order valence-electron chi connectivity index (χ1n) is 14.8. The molecule has 0 bridgehead atoms. The third kappa shape index (κ3) is 9.09. The lowest BCUT2D eigenvalue weighted by Crippen LogP contribution is -2.54. The number of nitrogens with zero attached hydrogens (tertiary/aromatic N) is 2. The molecule has 4 aromatic carbocycles. The summed E-state index contributed by atoms with van der Waals surface area (Å²) < 4.78 is 34.8. The Labute approximate surface area is 270 Å². The summed E-state index contributed by atoms with van der Waals surface area (Å²) >= 11 is 6.14. The van der Waals surface area contributed by atoms with Gasteiger partial charge in [0, 0.05) is 24.0 Å². The second-order valence-corrected chi connectivity index (χ2v) is 13.1. The SMILES string of the molecule is CCOc1ccc(N(CC(=O)N(Cc2ccc(Cl)cc2)[C@@H](Cc2ccccc2)C(=O)NC(C)C)S(=O)(=O)c2ccccc2)cc1. The van der Waals surface area contributed by atoms with Crippen molar-refractivity contribution >= 4 is 39.1 Å². The van der Waals surface area contributed by atoms with Crippen molar-refractivity contribution in [2.75, 3.05) is 17.5 Å². The number of anilines is 1. The van der Waals surface area contributed by atoms with Crippen LogP contribution in [0.3, 0.4) is 0 Å². The van der Waals surface area contributed by atoms with Crippen molar-refractivity contribution in [2.45, 2.75) is 50.7 Å². The average molecular weight is 648 g/mol. The number of hydrogen-bond donors (Lipinski definition) is 1. The molecule has 0 aliphatic rings. The lowest BCUT2D eigenvalue weighted by Gasteiger charge is -2.34. The van der Waals surface area contributed by atoms with Crippen molar-refractivity contribution in [1.29, 1.82) is 0 Å². The first-order chi connectivity index (χ1) is 21.6. The molecule has 0 aromatic heterocycles. The predicted octanol–water partition coefficient (Wildman–Crippen LogP) is 6.10. The Morgan fingerprint density at radius 2 is 1.42 bits per heavy atom. The van der Waals surface area contributed by atoms with Gasteiger partial charge in [-0.3, -0.25) is 13.9 Å². The number of halogens is 1. The van der Waals surface area contributed by atoms with Crippen molar-refractivity contribution in [2.24, 2.45) is 0 Å². The van der Waals surface area contributed by atoms with Crippen molar-refractivity contribution in [1.82, 2.24) is 10.2 Å². The molecule has 4 aromatic rings. The van der Waals surface area contributed by atoms with E-state index in [0.717, 1.165) is 15.4 Å². The van der Waals surface area contributed by atoms with Gasteiger partial charge in [0.2, 0.25) is 11.8 Å². The fourth-order valence-electron chi connectivity index (χ4n) is 4.84. The highest BCUT2D eigenvalue weighted by molar-refractivity contribution is 7.92. The Morgan fingerprint density at radius 1 is 0.822 bits per heavy atom. The monoisotopic (exact) mass is 647 g/mol. The third-order valence-electron chi connectivity index (χ3n) is 7.01. The zero-order chi connectivity index (χ0) is 32.4. The molecule has 10 heteroatoms. The van der Waals surface area contributed by atoms with Gasteiger partial charge in [-0.1, -0.05) is 72.3 Å². The molecule has 2 amide bonds. The van der Waals surface area contributed by atoms with Gasteiger partial charge in [0.05, 0.1) is 17.2 Å². The Balaban J connectivity index is 1.79. The van der Waals surface area contributed by atoms with Crippen LogP contribution in [0.4, 0.5) is 5.69 Å². The maximum atomic E-state index is 14.5. The lowest BCUT2D eigenvalue weighted by atomic mass is 10.0. The smallest absolute Gasteiger partial charge is 0.264 e. The number of ether oxygens (including phenoxy) is 1. The molecule has 0 saturated heterocycles. The summed E-state index contributed by atoms with van der Waals surface area (Å²) in [7, 11) is -4.18. The summed E-state index contributed by atoms with van der Waals surface area (Å²) in [6.07, 6.45) is 0.229. The second-order valence-electron chi connectivity index (χ2n) is 10.8. The molecule has 0 saturated carbocycles. The Kier molecular flexibility index (Phi) is 11.6. The fraction of sp³-hybridized carbons (Fsp3) is 0.257. The number of nitrogens with one attached hydrogen (secondary N) is 1. The topological polar surface area (TPSA) is 96.0 Å². The molecule has 4 rings (SSSR count). The largest absolute Gasteiger partial charge is 0.494 e. The Bertz CT molecular complexity index is 1650. The van der Waals surface area contributed by atoms with Gasteiger partial charge in [-0.15, -0.1) is 0 Å². The third-order valence-corrected chi connectivity index (χ3v) is 9.05. The van der Waals surface area contributed by atoms with E-state index in [1.165, 1.54) is 17.0 Å². The minimum Gasteiger partial charge on any atom is -0.494 e. The molecule has 0 aliphatic heterocycles. The summed E-state index contributed by atoms with van der Waals surface area (Å²) in [6.45, 7) is 5.52. The zero-order valence-electron chi connectivity index (χ0n) is 25.6. The van der Waals surface area contributed by atoms with Gasteiger partial charge >= 0.3 is 0 Å². The quantitative estimate of drug-likeness (QED) is 0.179. The summed E-state index contributed by atoms with van der Waals surface area (Å²) in [6, 6.07) is 29.8. The number of rotatable bonds is 14. The van der Waals surface area contributed by atoms with Crippen LogP contribution in [0.5, 0.6) is 5.75 Å². The van der Waals surface area contributed by atoms with Crippen LogP contribution in [-0.4, -0.2) is 50.4 Å². The van der Waals surface area contributed by atoms with Crippen molar-refractivity contribution < 1.29 is 22.7 Å². The van der Waals surface area contributed by atoms with E-state index in [-0.39, 0.29) is 35.5 Å². The molecule has 1 atom stereocenters. The van der Waals surface area contributed by atoms with Gasteiger partial charge in [-0.2, -0.15) is 0 Å². The van der Waals surface area contributed by atoms with Crippen LogP contribution < -0.4 is 14.4 Å². The lowest BCUT2D eigenvalue weighted by molar-refractivity contribution is -0.140. The molecular weight excluding hydrogens is 610 g/mol. The van der Waals surface area contributed by atoms with Gasteiger partial charge in [-0.25, -0.2) is 8.42 Å². The minimum absolute atomic E-state index is 0.0364. The fourth-order valence-corrected chi connectivity index (χ4v) is 6.41. The van der Waals surface area contributed by atoms with E-state index in [0.29, 0.717) is 17.4 Å². The van der Waals surface area contributed by atoms with Gasteiger partial charge in [0.15, 0.2) is 0 Å². The number of sulfonamides is 1. The van der Waals surface area contributed by atoms with Crippen molar-refractivity contribution in [3.05, 3.63) is 125 Å². The molecule has 0 spiro atoms. The van der Waals surface area contributed by atoms with Gasteiger partial charge in [0.25, 0.3) is 10.0 Å². The molecule has 1 N–H and O–H groups in total. The van der Waals surface area contributed by atoms with E-state index in [1.54, 1.807) is 66.7 Å². The van der Waals surface area contributed by atoms with Crippen LogP contribution in [0.1, 0.15) is 31.9 Å². The van der Waals surface area contributed by atoms with Gasteiger partial charge in [0.1, 0.15) is 18.3 Å². The van der Waals surface area contributed by atoms with Crippen LogP contribution in [0.25, 0.3) is 0 Å². The van der Waals surface area contributed by atoms with Crippen LogP contribution in [0.15, 0.2) is 114 Å². The second kappa shape index (κ2) is 15.6. The van der Waals surface area contributed by atoms with E-state index in [2.05, 4.69) is 5.32 Å². The molecule has 8 nitrogen and oxygen atoms in total. The Morgan fingerprint density at radius 3 is 2.00 bits per heavy atom. The van der Waals surface area contributed by atoms with E-state index < -0.39 is 28.5 Å². The van der Waals surface area contributed by atoms with Crippen LogP contribution >= 0.6 is 11.6 Å². The highest BCUT2D eigenvalue weighted by atomic mass is 35.5.